The van der Waals surface area contributed by atoms with Crippen molar-refractivity contribution in [1.82, 2.24) is 16.0 Å². The lowest BCUT2D eigenvalue weighted by atomic mass is 9.61. The Labute approximate surface area is 292 Å². The van der Waals surface area contributed by atoms with Crippen molar-refractivity contribution in [2.24, 2.45) is 50.2 Å². The van der Waals surface area contributed by atoms with E-state index in [4.69, 9.17) is 14.2 Å². The second kappa shape index (κ2) is 15.4. The van der Waals surface area contributed by atoms with Crippen LogP contribution in [0.1, 0.15) is 141 Å². The Morgan fingerprint density at radius 3 is 1.10 bits per heavy atom. The number of amides is 3. The van der Waals surface area contributed by atoms with Gasteiger partial charge < -0.3 is 30.2 Å². The number of nitrogens with one attached hydrogen (secondary N) is 3. The summed E-state index contributed by atoms with van der Waals surface area (Å²) in [6, 6.07) is 0. The Balaban J connectivity index is 1.56. The predicted molar refractivity (Wildman–Crippen MR) is 192 cm³/mol. The molecule has 6 atom stereocenters. The predicted octanol–water partition coefficient (Wildman–Crippen LogP) is 9.09. The second-order valence-electron chi connectivity index (χ2n) is 20.3. The number of carbonyl (C=O) groups is 3. The zero-order valence-corrected chi connectivity index (χ0v) is 32.7. The highest BCUT2D eigenvalue weighted by Gasteiger charge is 2.42. The van der Waals surface area contributed by atoms with E-state index >= 15 is 0 Å². The summed E-state index contributed by atoms with van der Waals surface area (Å²) < 4.78 is 16.8. The van der Waals surface area contributed by atoms with Crippen LogP contribution in [0.4, 0.5) is 14.4 Å². The van der Waals surface area contributed by atoms with Crippen LogP contribution in [0, 0.1) is 50.2 Å². The summed E-state index contributed by atoms with van der Waals surface area (Å²) in [6.45, 7) is 28.2. The first-order valence-electron chi connectivity index (χ1n) is 18.6. The van der Waals surface area contributed by atoms with Gasteiger partial charge in [-0.05, 0) is 108 Å². The molecule has 0 aromatic heterocycles. The minimum Gasteiger partial charge on any atom is -0.445 e. The van der Waals surface area contributed by atoms with Crippen LogP contribution in [0.25, 0.3) is 0 Å². The molecular formula is C39H71N3O6. The summed E-state index contributed by atoms with van der Waals surface area (Å²) in [4.78, 5) is 38.8. The molecule has 3 fully saturated rings. The van der Waals surface area contributed by atoms with E-state index in [-0.39, 0.29) is 45.7 Å². The molecule has 3 saturated carbocycles. The first-order chi connectivity index (χ1) is 21.9. The fraction of sp³-hybridized carbons (Fsp3) is 0.923. The topological polar surface area (TPSA) is 115 Å². The van der Waals surface area contributed by atoms with Gasteiger partial charge in [-0.3, -0.25) is 0 Å². The van der Waals surface area contributed by atoms with Crippen LogP contribution >= 0.6 is 0 Å². The van der Waals surface area contributed by atoms with Gasteiger partial charge in [-0.2, -0.15) is 0 Å². The van der Waals surface area contributed by atoms with E-state index in [2.05, 4.69) is 99.0 Å². The normalized spacial score (nSPS) is 34.6. The van der Waals surface area contributed by atoms with Crippen LogP contribution in [-0.2, 0) is 14.2 Å². The molecule has 0 aliphatic heterocycles. The van der Waals surface area contributed by atoms with Gasteiger partial charge in [-0.15, -0.1) is 0 Å². The largest absolute Gasteiger partial charge is 0.445 e. The van der Waals surface area contributed by atoms with Crippen LogP contribution < -0.4 is 16.0 Å². The molecule has 0 heterocycles. The zero-order valence-electron chi connectivity index (χ0n) is 32.7. The molecule has 0 aromatic rings. The summed E-state index contributed by atoms with van der Waals surface area (Å²) in [6.07, 6.45) is 6.95. The number of hydrogen-bond acceptors (Lipinski definition) is 6. The highest BCUT2D eigenvalue weighted by Crippen LogP contribution is 2.50. The molecule has 6 unspecified atom stereocenters. The molecule has 278 valence electrons. The first kappa shape index (κ1) is 40.2. The van der Waals surface area contributed by atoms with Crippen molar-refractivity contribution in [3.05, 3.63) is 0 Å². The molecule has 3 aliphatic carbocycles. The van der Waals surface area contributed by atoms with Crippen LogP contribution in [0.15, 0.2) is 0 Å². The molecule has 3 rings (SSSR count). The number of carbonyl (C=O) groups excluding carboxylic acids is 3. The fourth-order valence-corrected chi connectivity index (χ4v) is 11.5. The first-order valence-corrected chi connectivity index (χ1v) is 18.6. The van der Waals surface area contributed by atoms with E-state index in [1.54, 1.807) is 0 Å². The van der Waals surface area contributed by atoms with Crippen LogP contribution in [0.3, 0.4) is 0 Å². The van der Waals surface area contributed by atoms with Crippen molar-refractivity contribution in [1.29, 1.82) is 0 Å². The van der Waals surface area contributed by atoms with Gasteiger partial charge in [0.05, 0.1) is 0 Å². The van der Waals surface area contributed by atoms with Gasteiger partial charge in [-0.1, -0.05) is 83.1 Å². The minimum atomic E-state index is -0.954. The number of ether oxygens (including phenoxy) is 3. The smallest absolute Gasteiger partial charge is 0.407 e. The molecular weight excluding hydrogens is 606 g/mol. The van der Waals surface area contributed by atoms with Crippen molar-refractivity contribution < 1.29 is 28.6 Å². The van der Waals surface area contributed by atoms with Crippen molar-refractivity contribution >= 4 is 18.3 Å². The van der Waals surface area contributed by atoms with Gasteiger partial charge in [0.2, 0.25) is 0 Å². The van der Waals surface area contributed by atoms with E-state index in [0.29, 0.717) is 37.4 Å². The van der Waals surface area contributed by atoms with Crippen LogP contribution in [0.2, 0.25) is 0 Å². The van der Waals surface area contributed by atoms with Gasteiger partial charge in [0.15, 0.2) is 6.10 Å². The average Bonchev–Trinajstić information content (AvgIpc) is 2.87. The lowest BCUT2D eigenvalue weighted by Gasteiger charge is -2.46. The highest BCUT2D eigenvalue weighted by atomic mass is 16.6. The monoisotopic (exact) mass is 678 g/mol. The Hall–Kier alpha value is -2.19. The zero-order chi connectivity index (χ0) is 36.2. The SMILES string of the molecule is CC1CC(C)(C)CC(C)(CNC(=O)OCC(COC(=O)NCC2(C)CC(C)CC(C)(C)C2)OC(=O)NCC2(C)CC(C)CC(C)(C)C2)C1. The molecule has 9 nitrogen and oxygen atoms in total. The van der Waals surface area contributed by atoms with Gasteiger partial charge in [-0.25, -0.2) is 14.4 Å². The van der Waals surface area contributed by atoms with Crippen molar-refractivity contribution in [2.45, 2.75) is 147 Å². The summed E-state index contributed by atoms with van der Waals surface area (Å²) in [5.41, 5.74) is 0.529. The van der Waals surface area contributed by atoms with Gasteiger partial charge in [0.1, 0.15) is 13.2 Å². The number of alkyl carbamates (subject to hydrolysis) is 3. The highest BCUT2D eigenvalue weighted by molar-refractivity contribution is 5.69. The van der Waals surface area contributed by atoms with Gasteiger partial charge >= 0.3 is 18.3 Å². The Bertz CT molecular complexity index is 1070. The van der Waals surface area contributed by atoms with Gasteiger partial charge in [0, 0.05) is 19.6 Å². The molecule has 0 saturated heterocycles. The maximum atomic E-state index is 13.1. The van der Waals surface area contributed by atoms with E-state index < -0.39 is 24.4 Å². The van der Waals surface area contributed by atoms with Crippen molar-refractivity contribution in [3.8, 4) is 0 Å². The van der Waals surface area contributed by atoms with Crippen LogP contribution in [0.5, 0.6) is 0 Å². The van der Waals surface area contributed by atoms with E-state index in [1.165, 1.54) is 19.3 Å². The summed E-state index contributed by atoms with van der Waals surface area (Å²) in [7, 11) is 0. The Kier molecular flexibility index (Phi) is 12.9. The molecule has 3 amide bonds. The minimum absolute atomic E-state index is 0.0273. The molecule has 9 heteroatoms. The lowest BCUT2D eigenvalue weighted by Crippen LogP contribution is -2.46. The molecule has 0 aromatic carbocycles. The Morgan fingerprint density at radius 1 is 0.521 bits per heavy atom. The molecule has 0 radical (unpaired) electrons. The second-order valence-corrected chi connectivity index (χ2v) is 20.3. The van der Waals surface area contributed by atoms with E-state index in [0.717, 1.165) is 38.5 Å². The number of rotatable bonds is 11. The molecule has 3 aliphatic rings. The molecule has 0 bridgehead atoms. The van der Waals surface area contributed by atoms with E-state index in [1.807, 2.05) is 0 Å². The third-order valence-corrected chi connectivity index (χ3v) is 11.0. The van der Waals surface area contributed by atoms with Crippen LogP contribution in [-0.4, -0.2) is 57.2 Å². The summed E-state index contributed by atoms with van der Waals surface area (Å²) in [5, 5.41) is 8.84. The molecule has 3 N–H and O–H groups in total. The standard InChI is InChI=1S/C39H71N3O6/c1-27-13-34(4,5)21-37(10,16-27)24-40-31(43)46-19-30(48-33(45)42-26-39(12)18-29(3)15-36(8,9)23-39)20-47-32(44)41-25-38(11)17-28(2)14-35(6,7)22-38/h27-30H,13-26H2,1-12H3,(H,40,43)(H,41,44)(H,42,45). The van der Waals surface area contributed by atoms with Gasteiger partial charge in [0.25, 0.3) is 0 Å². The average molecular weight is 678 g/mol. The summed E-state index contributed by atoms with van der Waals surface area (Å²) in [5.74, 6) is 1.73. The third kappa shape index (κ3) is 13.3. The van der Waals surface area contributed by atoms with Crippen molar-refractivity contribution in [2.75, 3.05) is 32.8 Å². The summed E-state index contributed by atoms with van der Waals surface area (Å²) >= 11 is 0. The quantitative estimate of drug-likeness (QED) is 0.188. The maximum Gasteiger partial charge on any atom is 0.407 e. The Morgan fingerprint density at radius 2 is 0.812 bits per heavy atom. The third-order valence-electron chi connectivity index (χ3n) is 11.0. The van der Waals surface area contributed by atoms with Crippen molar-refractivity contribution in [3.63, 3.8) is 0 Å². The number of hydrogen-bond donors (Lipinski definition) is 3. The molecule has 0 spiro atoms. The lowest BCUT2D eigenvalue weighted by molar-refractivity contribution is 0.00116. The fourth-order valence-electron chi connectivity index (χ4n) is 11.5. The maximum absolute atomic E-state index is 13.1. The van der Waals surface area contributed by atoms with E-state index in [9.17, 15) is 14.4 Å². The molecule has 48 heavy (non-hydrogen) atoms.